The molecule has 0 radical (unpaired) electrons. The minimum absolute atomic E-state index is 0.000555. The van der Waals surface area contributed by atoms with E-state index in [1.54, 1.807) is 4.68 Å². The van der Waals surface area contributed by atoms with Gasteiger partial charge in [0.25, 0.3) is 0 Å². The number of carbonyl (C=O) groups is 1. The Hall–Kier alpha value is -1.55. The van der Waals surface area contributed by atoms with Gasteiger partial charge < -0.3 is 25.0 Å². The lowest BCUT2D eigenvalue weighted by molar-refractivity contribution is -0.134. The Balaban J connectivity index is 1.25. The fraction of sp³-hybridized carbons (Fsp3) is 0.857. The van der Waals surface area contributed by atoms with Gasteiger partial charge in [0.15, 0.2) is 0 Å². The van der Waals surface area contributed by atoms with Gasteiger partial charge in [-0.25, -0.2) is 0 Å². The van der Waals surface area contributed by atoms with E-state index in [0.29, 0.717) is 25.5 Å². The summed E-state index contributed by atoms with van der Waals surface area (Å²) in [4.78, 5) is 12.5. The zero-order chi connectivity index (χ0) is 21.0. The number of nitrogens with zero attached hydrogens (tertiary/aromatic N) is 3. The number of rotatable bonds is 7. The molecule has 2 saturated heterocycles. The van der Waals surface area contributed by atoms with Crippen molar-refractivity contribution in [1.29, 1.82) is 0 Å². The largest absolute Gasteiger partial charge is 0.394 e. The average molecular weight is 423 g/mol. The smallest absolute Gasteiger partial charge is 0.223 e. The van der Waals surface area contributed by atoms with Crippen LogP contribution in [0.3, 0.4) is 0 Å². The van der Waals surface area contributed by atoms with Gasteiger partial charge in [0.1, 0.15) is 17.4 Å². The first-order chi connectivity index (χ1) is 14.6. The molecule has 1 saturated carbocycles. The van der Waals surface area contributed by atoms with Gasteiger partial charge in [-0.3, -0.25) is 9.48 Å². The van der Waals surface area contributed by atoms with Crippen molar-refractivity contribution < 1.29 is 24.5 Å². The number of hydrogen-bond donors (Lipinski definition) is 3. The summed E-state index contributed by atoms with van der Waals surface area (Å²) in [7, 11) is 0. The Morgan fingerprint density at radius 2 is 2.00 bits per heavy atom. The van der Waals surface area contributed by atoms with Gasteiger partial charge in [-0.05, 0) is 44.9 Å². The third kappa shape index (κ3) is 5.01. The Morgan fingerprint density at radius 1 is 1.23 bits per heavy atom. The summed E-state index contributed by atoms with van der Waals surface area (Å²) in [6.45, 7) is 1.79. The van der Waals surface area contributed by atoms with Crippen molar-refractivity contribution in [3.63, 3.8) is 0 Å². The maximum Gasteiger partial charge on any atom is 0.223 e. The maximum atomic E-state index is 12.5. The molecular weight excluding hydrogens is 388 g/mol. The first-order valence-electron chi connectivity index (χ1n) is 11.3. The van der Waals surface area contributed by atoms with Crippen LogP contribution in [0.1, 0.15) is 63.5 Å². The molecule has 3 fully saturated rings. The zero-order valence-corrected chi connectivity index (χ0v) is 17.5. The van der Waals surface area contributed by atoms with Crippen molar-refractivity contribution in [3.05, 3.63) is 11.9 Å². The molecular formula is C21H34N4O5. The monoisotopic (exact) mass is 422 g/mol. The summed E-state index contributed by atoms with van der Waals surface area (Å²) in [5, 5.41) is 31.9. The van der Waals surface area contributed by atoms with Crippen LogP contribution in [0, 0.1) is 5.92 Å². The van der Waals surface area contributed by atoms with Crippen LogP contribution >= 0.6 is 0 Å². The van der Waals surface area contributed by atoms with Crippen LogP contribution in [0.25, 0.3) is 0 Å². The molecule has 1 aromatic rings. The van der Waals surface area contributed by atoms with E-state index in [1.807, 2.05) is 6.20 Å². The summed E-state index contributed by atoms with van der Waals surface area (Å²) in [5.41, 5.74) is -0.161. The van der Waals surface area contributed by atoms with E-state index >= 15 is 0 Å². The molecule has 1 aliphatic carbocycles. The molecule has 0 unspecified atom stereocenters. The lowest BCUT2D eigenvalue weighted by Crippen LogP contribution is -2.52. The summed E-state index contributed by atoms with van der Waals surface area (Å²) in [6.07, 6.45) is 8.84. The molecule has 9 heteroatoms. The second kappa shape index (κ2) is 9.72. The molecule has 9 nitrogen and oxygen atoms in total. The number of aliphatic hydroxyl groups is 2. The van der Waals surface area contributed by atoms with Gasteiger partial charge >= 0.3 is 0 Å². The van der Waals surface area contributed by atoms with Gasteiger partial charge in [-0.15, -0.1) is 5.10 Å². The van der Waals surface area contributed by atoms with Crippen molar-refractivity contribution >= 4 is 5.91 Å². The quantitative estimate of drug-likeness (QED) is 0.597. The number of aromatic nitrogens is 3. The third-order valence-corrected chi connectivity index (χ3v) is 6.84. The highest BCUT2D eigenvalue weighted by molar-refractivity contribution is 5.79. The minimum atomic E-state index is -0.822. The molecule has 4 rings (SSSR count). The molecule has 1 amide bonds. The highest BCUT2D eigenvalue weighted by Gasteiger charge is 2.36. The Labute approximate surface area is 177 Å². The predicted molar refractivity (Wildman–Crippen MR) is 107 cm³/mol. The molecule has 0 aromatic carbocycles. The summed E-state index contributed by atoms with van der Waals surface area (Å²) in [5.74, 6) is 0.0378. The second-order valence-corrected chi connectivity index (χ2v) is 8.95. The highest BCUT2D eigenvalue weighted by Crippen LogP contribution is 2.37. The SMILES string of the molecule is O=C(N[C@@H]1CC[C@H](CCn2cc(C3(O)CCCC3)nn2)O[C@H]1CO)C1CCOCC1. The zero-order valence-electron chi connectivity index (χ0n) is 17.5. The molecule has 3 atom stereocenters. The summed E-state index contributed by atoms with van der Waals surface area (Å²) < 4.78 is 13.2. The van der Waals surface area contributed by atoms with Crippen molar-refractivity contribution in [2.75, 3.05) is 19.8 Å². The van der Waals surface area contributed by atoms with Gasteiger partial charge in [-0.2, -0.15) is 0 Å². The van der Waals surface area contributed by atoms with Crippen molar-refractivity contribution in [1.82, 2.24) is 20.3 Å². The van der Waals surface area contributed by atoms with Gasteiger partial charge in [-0.1, -0.05) is 18.1 Å². The van der Waals surface area contributed by atoms with Crippen LogP contribution in [0.5, 0.6) is 0 Å². The first-order valence-corrected chi connectivity index (χ1v) is 11.3. The maximum absolute atomic E-state index is 12.5. The number of carbonyl (C=O) groups excluding carboxylic acids is 1. The molecule has 3 N–H and O–H groups in total. The summed E-state index contributed by atoms with van der Waals surface area (Å²) >= 11 is 0. The molecule has 3 aliphatic rings. The van der Waals surface area contributed by atoms with E-state index < -0.39 is 11.7 Å². The topological polar surface area (TPSA) is 119 Å². The number of ether oxygens (including phenoxy) is 2. The van der Waals surface area contributed by atoms with Crippen LogP contribution in [-0.4, -0.2) is 69.2 Å². The Bertz CT molecular complexity index is 699. The van der Waals surface area contributed by atoms with Gasteiger partial charge in [0, 0.05) is 25.7 Å². The van der Waals surface area contributed by atoms with Crippen molar-refractivity contribution in [2.45, 2.75) is 88.2 Å². The first kappa shape index (κ1) is 21.7. The molecule has 168 valence electrons. The van der Waals surface area contributed by atoms with Gasteiger partial charge in [0.2, 0.25) is 5.91 Å². The van der Waals surface area contributed by atoms with E-state index in [4.69, 9.17) is 9.47 Å². The van der Waals surface area contributed by atoms with Crippen LogP contribution in [-0.2, 0) is 26.4 Å². The van der Waals surface area contributed by atoms with E-state index in [0.717, 1.165) is 57.8 Å². The molecule has 1 aromatic heterocycles. The molecule has 3 heterocycles. The van der Waals surface area contributed by atoms with E-state index in [2.05, 4.69) is 15.6 Å². The number of aliphatic hydroxyl groups excluding tert-OH is 1. The molecule has 30 heavy (non-hydrogen) atoms. The number of hydrogen-bond acceptors (Lipinski definition) is 7. The van der Waals surface area contributed by atoms with E-state index in [1.165, 1.54) is 0 Å². The second-order valence-electron chi connectivity index (χ2n) is 8.95. The predicted octanol–water partition coefficient (Wildman–Crippen LogP) is 0.881. The highest BCUT2D eigenvalue weighted by atomic mass is 16.5. The fourth-order valence-electron chi connectivity index (χ4n) is 4.88. The van der Waals surface area contributed by atoms with Crippen LogP contribution < -0.4 is 5.32 Å². The molecule has 2 aliphatic heterocycles. The van der Waals surface area contributed by atoms with E-state index in [-0.39, 0.29) is 30.6 Å². The summed E-state index contributed by atoms with van der Waals surface area (Å²) in [6, 6.07) is -0.156. The standard InChI is InChI=1S/C21H34N4O5/c26-14-18-17(22-20(27)15-6-11-29-12-7-15)4-3-16(30-18)5-10-25-13-19(23-24-25)21(28)8-1-2-9-21/h13,15-18,26,28H,1-12,14H2,(H,22,27)/t16-,17-,18+/m1/s1. The number of aryl methyl sites for hydroxylation is 1. The van der Waals surface area contributed by atoms with Gasteiger partial charge in [0.05, 0.1) is 24.9 Å². The fourth-order valence-corrected chi connectivity index (χ4v) is 4.88. The number of amides is 1. The lowest BCUT2D eigenvalue weighted by atomic mass is 9.94. The van der Waals surface area contributed by atoms with Crippen molar-refractivity contribution in [3.8, 4) is 0 Å². The Kier molecular flexibility index (Phi) is 7.02. The Morgan fingerprint density at radius 3 is 2.73 bits per heavy atom. The van der Waals surface area contributed by atoms with Crippen LogP contribution in [0.4, 0.5) is 0 Å². The molecule has 0 bridgehead atoms. The lowest BCUT2D eigenvalue weighted by Gasteiger charge is -2.37. The minimum Gasteiger partial charge on any atom is -0.394 e. The van der Waals surface area contributed by atoms with Crippen LogP contribution in [0.2, 0.25) is 0 Å². The average Bonchev–Trinajstić information content (AvgIpc) is 3.44. The normalized spacial score (nSPS) is 29.7. The van der Waals surface area contributed by atoms with Crippen LogP contribution in [0.15, 0.2) is 6.20 Å². The molecule has 0 spiro atoms. The van der Waals surface area contributed by atoms with Crippen molar-refractivity contribution in [2.24, 2.45) is 5.92 Å². The number of nitrogens with one attached hydrogen (secondary N) is 1. The van der Waals surface area contributed by atoms with E-state index in [9.17, 15) is 15.0 Å². The third-order valence-electron chi connectivity index (χ3n) is 6.84.